The number of halogens is 4. The van der Waals surface area contributed by atoms with Crippen LogP contribution < -0.4 is 5.73 Å². The van der Waals surface area contributed by atoms with Gasteiger partial charge in [-0.15, -0.1) is 0 Å². The van der Waals surface area contributed by atoms with Gasteiger partial charge in [-0.1, -0.05) is 12.1 Å². The summed E-state index contributed by atoms with van der Waals surface area (Å²) in [5, 5.41) is 10.8. The third-order valence-electron chi connectivity index (χ3n) is 2.84. The van der Waals surface area contributed by atoms with Crippen LogP contribution in [-0.2, 0) is 6.18 Å². The predicted octanol–water partition coefficient (Wildman–Crippen LogP) is 4.00. The molecule has 2 N–H and O–H groups in total. The molecule has 0 fully saturated rings. The summed E-state index contributed by atoms with van der Waals surface area (Å²) in [5.74, 6) is -0.897. The summed E-state index contributed by atoms with van der Waals surface area (Å²) in [6, 6.07) is 5.35. The molecule has 0 aromatic heterocycles. The Balaban J connectivity index is 2.54. The Morgan fingerprint density at radius 3 is 2.14 bits per heavy atom. The fourth-order valence-electron chi connectivity index (χ4n) is 1.83. The quantitative estimate of drug-likeness (QED) is 0.394. The first-order chi connectivity index (χ1) is 9.70. The highest BCUT2D eigenvalue weighted by Crippen LogP contribution is 2.36. The van der Waals surface area contributed by atoms with Crippen LogP contribution in [0.1, 0.15) is 5.56 Å². The van der Waals surface area contributed by atoms with Gasteiger partial charge < -0.3 is 5.73 Å². The Kier molecular flexibility index (Phi) is 3.54. The van der Waals surface area contributed by atoms with Crippen molar-refractivity contribution in [2.45, 2.75) is 6.18 Å². The van der Waals surface area contributed by atoms with Crippen LogP contribution >= 0.6 is 0 Å². The monoisotopic (exact) mass is 300 g/mol. The first-order valence-corrected chi connectivity index (χ1v) is 5.61. The zero-order chi connectivity index (χ0) is 15.8. The van der Waals surface area contributed by atoms with Gasteiger partial charge in [0.25, 0.3) is 5.69 Å². The van der Waals surface area contributed by atoms with Crippen LogP contribution in [0, 0.1) is 15.9 Å². The smallest absolute Gasteiger partial charge is 0.393 e. The van der Waals surface area contributed by atoms with E-state index in [1.807, 2.05) is 0 Å². The molecular formula is C13H8F4N2O2. The van der Waals surface area contributed by atoms with E-state index in [4.69, 9.17) is 5.73 Å². The maximum absolute atomic E-state index is 13.4. The lowest BCUT2D eigenvalue weighted by Gasteiger charge is -2.09. The molecular weight excluding hydrogens is 292 g/mol. The van der Waals surface area contributed by atoms with Gasteiger partial charge in [-0.05, 0) is 23.8 Å². The summed E-state index contributed by atoms with van der Waals surface area (Å²) >= 11 is 0. The Labute approximate surface area is 116 Å². The van der Waals surface area contributed by atoms with Crippen LogP contribution in [0.2, 0.25) is 0 Å². The molecule has 0 radical (unpaired) electrons. The number of hydrogen-bond acceptors (Lipinski definition) is 3. The van der Waals surface area contributed by atoms with E-state index in [-0.39, 0.29) is 16.8 Å². The maximum Gasteiger partial charge on any atom is 0.416 e. The normalized spacial score (nSPS) is 11.4. The number of rotatable bonds is 2. The number of alkyl halides is 3. The lowest BCUT2D eigenvalue weighted by molar-refractivity contribution is -0.384. The van der Waals surface area contributed by atoms with Gasteiger partial charge in [-0.2, -0.15) is 13.2 Å². The summed E-state index contributed by atoms with van der Waals surface area (Å²) in [4.78, 5) is 9.90. The molecule has 110 valence electrons. The van der Waals surface area contributed by atoms with Crippen molar-refractivity contribution in [1.82, 2.24) is 0 Å². The Bertz CT molecular complexity index is 697. The number of nitrogen functional groups attached to an aromatic ring is 1. The molecule has 2 aromatic rings. The van der Waals surface area contributed by atoms with Crippen LogP contribution in [0.5, 0.6) is 0 Å². The molecule has 4 nitrogen and oxygen atoms in total. The SMILES string of the molecule is Nc1c(-c2ccc(C(F)(F)F)cc2)cc(F)cc1[N+](=O)[O-]. The minimum absolute atomic E-state index is 0.0320. The third kappa shape index (κ3) is 2.93. The van der Waals surface area contributed by atoms with Gasteiger partial charge in [0.1, 0.15) is 11.5 Å². The molecule has 8 heteroatoms. The maximum atomic E-state index is 13.4. The summed E-state index contributed by atoms with van der Waals surface area (Å²) in [6.07, 6.45) is -4.50. The third-order valence-corrected chi connectivity index (χ3v) is 2.84. The summed E-state index contributed by atoms with van der Waals surface area (Å²) in [7, 11) is 0. The van der Waals surface area contributed by atoms with Gasteiger partial charge in [0.05, 0.1) is 16.6 Å². The average Bonchev–Trinajstić information content (AvgIpc) is 2.40. The molecule has 0 bridgehead atoms. The van der Waals surface area contributed by atoms with Gasteiger partial charge in [0.2, 0.25) is 0 Å². The second kappa shape index (κ2) is 5.04. The van der Waals surface area contributed by atoms with Crippen LogP contribution in [0.3, 0.4) is 0 Å². The highest BCUT2D eigenvalue weighted by Gasteiger charge is 2.30. The molecule has 0 saturated heterocycles. The predicted molar refractivity (Wildman–Crippen MR) is 67.9 cm³/mol. The fraction of sp³-hybridized carbons (Fsp3) is 0.0769. The molecule has 0 amide bonds. The summed E-state index contributed by atoms with van der Waals surface area (Å²) in [5.41, 5.74) is 3.88. The lowest BCUT2D eigenvalue weighted by Crippen LogP contribution is -2.04. The number of benzene rings is 2. The van der Waals surface area contributed by atoms with E-state index < -0.39 is 28.2 Å². The highest BCUT2D eigenvalue weighted by atomic mass is 19.4. The Morgan fingerprint density at radius 2 is 1.67 bits per heavy atom. The number of hydrogen-bond donors (Lipinski definition) is 1. The number of anilines is 1. The number of nitro benzene ring substituents is 1. The topological polar surface area (TPSA) is 69.2 Å². The fourth-order valence-corrected chi connectivity index (χ4v) is 1.83. The Morgan fingerprint density at radius 1 is 1.10 bits per heavy atom. The van der Waals surface area contributed by atoms with E-state index in [1.165, 1.54) is 0 Å². The zero-order valence-corrected chi connectivity index (χ0v) is 10.3. The first kappa shape index (κ1) is 14.8. The van der Waals surface area contributed by atoms with E-state index in [2.05, 4.69) is 0 Å². The van der Waals surface area contributed by atoms with Gasteiger partial charge in [-0.25, -0.2) is 4.39 Å². The van der Waals surface area contributed by atoms with Crippen molar-refractivity contribution in [3.63, 3.8) is 0 Å². The van der Waals surface area contributed by atoms with Crippen LogP contribution in [0.15, 0.2) is 36.4 Å². The Hall–Kier alpha value is -2.64. The molecule has 2 rings (SSSR count). The number of nitro groups is 1. The van der Waals surface area contributed by atoms with Crippen molar-refractivity contribution < 1.29 is 22.5 Å². The van der Waals surface area contributed by atoms with E-state index in [9.17, 15) is 27.7 Å². The van der Waals surface area contributed by atoms with E-state index in [0.29, 0.717) is 6.07 Å². The molecule has 2 aromatic carbocycles. The number of nitrogens with zero attached hydrogens (tertiary/aromatic N) is 1. The minimum Gasteiger partial charge on any atom is -0.393 e. The van der Waals surface area contributed by atoms with Crippen molar-refractivity contribution in [2.24, 2.45) is 0 Å². The van der Waals surface area contributed by atoms with Gasteiger partial charge >= 0.3 is 6.18 Å². The average molecular weight is 300 g/mol. The van der Waals surface area contributed by atoms with Crippen molar-refractivity contribution in [3.8, 4) is 11.1 Å². The standard InChI is InChI=1S/C13H8F4N2O2/c14-9-5-10(12(18)11(6-9)19(20)21)7-1-3-8(4-2-7)13(15,16)17/h1-6H,18H2. The largest absolute Gasteiger partial charge is 0.416 e. The summed E-state index contributed by atoms with van der Waals surface area (Å²) < 4.78 is 50.8. The van der Waals surface area contributed by atoms with Crippen molar-refractivity contribution in [1.29, 1.82) is 0 Å². The molecule has 0 heterocycles. The molecule has 0 saturated carbocycles. The van der Waals surface area contributed by atoms with Gasteiger partial charge in [0.15, 0.2) is 0 Å². The van der Waals surface area contributed by atoms with Crippen LogP contribution in [0.25, 0.3) is 11.1 Å². The molecule has 0 unspecified atom stereocenters. The molecule has 0 atom stereocenters. The summed E-state index contributed by atoms with van der Waals surface area (Å²) in [6.45, 7) is 0. The van der Waals surface area contributed by atoms with Crippen LogP contribution in [-0.4, -0.2) is 4.92 Å². The lowest BCUT2D eigenvalue weighted by atomic mass is 10.0. The second-order valence-electron chi connectivity index (χ2n) is 4.22. The molecule has 21 heavy (non-hydrogen) atoms. The molecule has 0 aliphatic rings. The van der Waals surface area contributed by atoms with E-state index in [1.54, 1.807) is 0 Å². The van der Waals surface area contributed by atoms with E-state index >= 15 is 0 Å². The molecule has 0 spiro atoms. The highest BCUT2D eigenvalue weighted by molar-refractivity contribution is 5.82. The first-order valence-electron chi connectivity index (χ1n) is 5.61. The molecule has 0 aliphatic heterocycles. The van der Waals surface area contributed by atoms with Crippen molar-refractivity contribution >= 4 is 11.4 Å². The van der Waals surface area contributed by atoms with E-state index in [0.717, 1.165) is 30.3 Å². The van der Waals surface area contributed by atoms with Crippen molar-refractivity contribution in [3.05, 3.63) is 57.9 Å². The minimum atomic E-state index is -4.50. The van der Waals surface area contributed by atoms with Gasteiger partial charge in [-0.3, -0.25) is 10.1 Å². The van der Waals surface area contributed by atoms with Crippen LogP contribution in [0.4, 0.5) is 28.9 Å². The number of nitrogens with two attached hydrogens (primary N) is 1. The van der Waals surface area contributed by atoms with Gasteiger partial charge in [0, 0.05) is 5.56 Å². The second-order valence-corrected chi connectivity index (χ2v) is 4.22. The van der Waals surface area contributed by atoms with Crippen molar-refractivity contribution in [2.75, 3.05) is 5.73 Å². The molecule has 0 aliphatic carbocycles. The zero-order valence-electron chi connectivity index (χ0n) is 10.3.